The van der Waals surface area contributed by atoms with E-state index in [1.54, 1.807) is 0 Å². The molecule has 0 atom stereocenters. The van der Waals surface area contributed by atoms with E-state index >= 15 is 0 Å². The number of alkyl halides is 3. The lowest BCUT2D eigenvalue weighted by Gasteiger charge is -2.53. The number of hydrogen-bond acceptors (Lipinski definition) is 4. The SMILES string of the molecule is CC(C)(C)NC(=O)CN1CC2(CCC(C(=O)Nc3cccc(OC(F)(F)F)c3)CC2)C1. The van der Waals surface area contributed by atoms with E-state index in [-0.39, 0.29) is 40.1 Å². The second-order valence-corrected chi connectivity index (χ2v) is 9.78. The maximum absolute atomic E-state index is 12.6. The van der Waals surface area contributed by atoms with Crippen molar-refractivity contribution in [1.29, 1.82) is 0 Å². The predicted octanol–water partition coefficient (Wildman–Crippen LogP) is 3.93. The summed E-state index contributed by atoms with van der Waals surface area (Å²) in [6, 6.07) is 5.31. The van der Waals surface area contributed by atoms with E-state index < -0.39 is 6.36 Å². The Morgan fingerprint density at radius 2 is 1.81 bits per heavy atom. The van der Waals surface area contributed by atoms with Crippen LogP contribution in [0.15, 0.2) is 24.3 Å². The average molecular weight is 441 g/mol. The predicted molar refractivity (Wildman–Crippen MR) is 110 cm³/mol. The van der Waals surface area contributed by atoms with E-state index in [4.69, 9.17) is 0 Å². The summed E-state index contributed by atoms with van der Waals surface area (Å²) in [5.41, 5.74) is 0.203. The highest BCUT2D eigenvalue weighted by Gasteiger charge is 2.46. The molecule has 0 unspecified atom stereocenters. The second kappa shape index (κ2) is 8.68. The number of rotatable bonds is 5. The number of nitrogens with zero attached hydrogens (tertiary/aromatic N) is 1. The number of halogens is 3. The first kappa shape index (κ1) is 23.4. The fourth-order valence-corrected chi connectivity index (χ4v) is 4.50. The van der Waals surface area contributed by atoms with Crippen LogP contribution in [0.4, 0.5) is 18.9 Å². The van der Waals surface area contributed by atoms with Gasteiger partial charge in [0, 0.05) is 36.3 Å². The van der Waals surface area contributed by atoms with E-state index in [1.807, 2.05) is 20.8 Å². The zero-order chi connectivity index (χ0) is 22.9. The molecule has 0 radical (unpaired) electrons. The summed E-state index contributed by atoms with van der Waals surface area (Å²) < 4.78 is 41.0. The molecule has 1 heterocycles. The lowest BCUT2D eigenvalue weighted by atomic mass is 9.65. The van der Waals surface area contributed by atoms with Gasteiger partial charge in [-0.25, -0.2) is 0 Å². The van der Waals surface area contributed by atoms with Gasteiger partial charge in [0.1, 0.15) is 5.75 Å². The molecule has 1 saturated heterocycles. The van der Waals surface area contributed by atoms with Crippen LogP contribution in [-0.2, 0) is 9.59 Å². The minimum Gasteiger partial charge on any atom is -0.406 e. The highest BCUT2D eigenvalue weighted by Crippen LogP contribution is 2.45. The van der Waals surface area contributed by atoms with Crippen LogP contribution in [-0.4, -0.2) is 48.2 Å². The van der Waals surface area contributed by atoms with Crippen LogP contribution in [0.3, 0.4) is 0 Å². The zero-order valence-electron chi connectivity index (χ0n) is 18.1. The first-order valence-corrected chi connectivity index (χ1v) is 10.5. The van der Waals surface area contributed by atoms with E-state index in [1.165, 1.54) is 24.3 Å². The van der Waals surface area contributed by atoms with Gasteiger partial charge in [0.05, 0.1) is 6.54 Å². The number of carbonyl (C=O) groups is 2. The monoisotopic (exact) mass is 441 g/mol. The van der Waals surface area contributed by atoms with Gasteiger partial charge >= 0.3 is 6.36 Å². The maximum atomic E-state index is 12.6. The van der Waals surface area contributed by atoms with Gasteiger partial charge in [-0.3, -0.25) is 14.5 Å². The minimum absolute atomic E-state index is 0.0205. The highest BCUT2D eigenvalue weighted by atomic mass is 19.4. The maximum Gasteiger partial charge on any atom is 0.573 e. The quantitative estimate of drug-likeness (QED) is 0.727. The molecule has 2 amide bonds. The molecular formula is C22H30F3N3O3. The molecule has 2 fully saturated rings. The van der Waals surface area contributed by atoms with Crippen molar-refractivity contribution in [3.05, 3.63) is 24.3 Å². The molecule has 1 aliphatic heterocycles. The van der Waals surface area contributed by atoms with Gasteiger partial charge in [0.2, 0.25) is 11.8 Å². The van der Waals surface area contributed by atoms with E-state index in [9.17, 15) is 22.8 Å². The molecule has 9 heteroatoms. The summed E-state index contributed by atoms with van der Waals surface area (Å²) in [6.07, 6.45) is -1.51. The number of anilines is 1. The van der Waals surface area contributed by atoms with Gasteiger partial charge in [-0.05, 0) is 64.0 Å². The molecule has 1 aliphatic carbocycles. The Morgan fingerprint density at radius 3 is 2.39 bits per heavy atom. The van der Waals surface area contributed by atoms with Crippen molar-refractivity contribution < 1.29 is 27.5 Å². The van der Waals surface area contributed by atoms with Crippen LogP contribution in [0.5, 0.6) is 5.75 Å². The fourth-order valence-electron chi connectivity index (χ4n) is 4.50. The summed E-state index contributed by atoms with van der Waals surface area (Å²) in [5, 5.41) is 5.67. The molecule has 31 heavy (non-hydrogen) atoms. The number of benzene rings is 1. The molecule has 6 nitrogen and oxygen atoms in total. The van der Waals surface area contributed by atoms with Crippen LogP contribution in [0.25, 0.3) is 0 Å². The molecule has 3 rings (SSSR count). The molecule has 2 aliphatic rings. The van der Waals surface area contributed by atoms with Crippen LogP contribution in [0.2, 0.25) is 0 Å². The third-order valence-electron chi connectivity index (χ3n) is 5.75. The Bertz CT molecular complexity index is 804. The first-order valence-electron chi connectivity index (χ1n) is 10.5. The van der Waals surface area contributed by atoms with E-state index in [0.717, 1.165) is 38.8 Å². The van der Waals surface area contributed by atoms with Crippen LogP contribution >= 0.6 is 0 Å². The van der Waals surface area contributed by atoms with Crippen molar-refractivity contribution in [2.75, 3.05) is 25.0 Å². The van der Waals surface area contributed by atoms with Crippen LogP contribution in [0.1, 0.15) is 46.5 Å². The van der Waals surface area contributed by atoms with Gasteiger partial charge < -0.3 is 15.4 Å². The summed E-state index contributed by atoms with van der Waals surface area (Å²) in [4.78, 5) is 26.8. The number of carbonyl (C=O) groups excluding carboxylic acids is 2. The summed E-state index contributed by atoms with van der Waals surface area (Å²) in [6.45, 7) is 7.96. The summed E-state index contributed by atoms with van der Waals surface area (Å²) in [5.74, 6) is -0.694. The van der Waals surface area contributed by atoms with Gasteiger partial charge in [-0.15, -0.1) is 13.2 Å². The van der Waals surface area contributed by atoms with E-state index in [2.05, 4.69) is 20.3 Å². The normalized spacial score (nSPS) is 19.5. The molecule has 2 N–H and O–H groups in total. The third-order valence-corrected chi connectivity index (χ3v) is 5.75. The largest absolute Gasteiger partial charge is 0.573 e. The second-order valence-electron chi connectivity index (χ2n) is 9.78. The Balaban J connectivity index is 1.44. The Hall–Kier alpha value is -2.29. The smallest absolute Gasteiger partial charge is 0.406 e. The van der Waals surface area contributed by atoms with Crippen molar-refractivity contribution in [2.45, 2.75) is 58.4 Å². The molecule has 1 spiro atoms. The van der Waals surface area contributed by atoms with Gasteiger partial charge in [0.15, 0.2) is 0 Å². The van der Waals surface area contributed by atoms with Gasteiger partial charge in [0.25, 0.3) is 0 Å². The Kier molecular flexibility index (Phi) is 6.55. The van der Waals surface area contributed by atoms with Crippen LogP contribution in [0, 0.1) is 11.3 Å². The summed E-state index contributed by atoms with van der Waals surface area (Å²) in [7, 11) is 0. The zero-order valence-corrected chi connectivity index (χ0v) is 18.1. The molecule has 1 aromatic rings. The van der Waals surface area contributed by atoms with Crippen molar-refractivity contribution >= 4 is 17.5 Å². The molecule has 172 valence electrons. The fraction of sp³-hybridized carbons (Fsp3) is 0.636. The van der Waals surface area contributed by atoms with Crippen molar-refractivity contribution in [3.63, 3.8) is 0 Å². The highest BCUT2D eigenvalue weighted by molar-refractivity contribution is 5.92. The van der Waals surface area contributed by atoms with Gasteiger partial charge in [-0.1, -0.05) is 6.07 Å². The third kappa shape index (κ3) is 6.85. The van der Waals surface area contributed by atoms with Crippen molar-refractivity contribution in [3.8, 4) is 5.75 Å². The lowest BCUT2D eigenvalue weighted by molar-refractivity contribution is -0.274. The number of nitrogens with one attached hydrogen (secondary N) is 2. The lowest BCUT2D eigenvalue weighted by Crippen LogP contribution is -2.60. The molecular weight excluding hydrogens is 411 g/mol. The standard InChI is InChI=1S/C22H30F3N3O3/c1-20(2,3)27-18(29)12-28-13-21(14-28)9-7-15(8-10-21)19(30)26-16-5-4-6-17(11-16)31-22(23,24)25/h4-6,11,15H,7-10,12-14H2,1-3H3,(H,26,30)(H,27,29). The first-order chi connectivity index (χ1) is 14.3. The van der Waals surface area contributed by atoms with E-state index in [0.29, 0.717) is 6.54 Å². The molecule has 0 bridgehead atoms. The molecule has 1 aromatic carbocycles. The number of ether oxygens (including phenoxy) is 1. The molecule has 1 saturated carbocycles. The summed E-state index contributed by atoms with van der Waals surface area (Å²) >= 11 is 0. The van der Waals surface area contributed by atoms with Crippen LogP contribution < -0.4 is 15.4 Å². The van der Waals surface area contributed by atoms with Gasteiger partial charge in [-0.2, -0.15) is 0 Å². The molecule has 0 aromatic heterocycles. The Labute approximate surface area is 180 Å². The van der Waals surface area contributed by atoms with Crippen molar-refractivity contribution in [1.82, 2.24) is 10.2 Å². The topological polar surface area (TPSA) is 70.7 Å². The number of likely N-dealkylation sites (tertiary alicyclic amines) is 1. The average Bonchev–Trinajstić information content (AvgIpc) is 2.58. The minimum atomic E-state index is -4.77. The van der Waals surface area contributed by atoms with Crippen molar-refractivity contribution in [2.24, 2.45) is 11.3 Å². The Morgan fingerprint density at radius 1 is 1.16 bits per heavy atom. The number of hydrogen-bond donors (Lipinski definition) is 2. The number of amides is 2.